The van der Waals surface area contributed by atoms with Gasteiger partial charge >= 0.3 is 12.1 Å². The van der Waals surface area contributed by atoms with Gasteiger partial charge in [-0.1, -0.05) is 32.9 Å². The molecule has 1 aromatic rings. The normalized spacial score (nSPS) is 13.5. The van der Waals surface area contributed by atoms with Crippen molar-refractivity contribution in [3.8, 4) is 0 Å². The van der Waals surface area contributed by atoms with Crippen molar-refractivity contribution in [3.05, 3.63) is 29.8 Å². The highest BCUT2D eigenvalue weighted by molar-refractivity contribution is 7.89. The number of hydrogen-bond donors (Lipinski definition) is 2. The average Bonchev–Trinajstić information content (AvgIpc) is 2.55. The summed E-state index contributed by atoms with van der Waals surface area (Å²) in [5.74, 6) is -0.750. The minimum atomic E-state index is -4.02. The molecule has 1 aromatic carbocycles. The van der Waals surface area contributed by atoms with E-state index < -0.39 is 39.1 Å². The van der Waals surface area contributed by atoms with Crippen molar-refractivity contribution in [3.63, 3.8) is 0 Å². The monoisotopic (exact) mass is 414 g/mol. The number of nitrogens with one attached hydrogen (secondary N) is 2. The molecule has 0 aromatic heterocycles. The van der Waals surface area contributed by atoms with Crippen LogP contribution >= 0.6 is 0 Å². The molecule has 158 valence electrons. The van der Waals surface area contributed by atoms with Crippen LogP contribution in [0.2, 0.25) is 0 Å². The second kappa shape index (κ2) is 8.91. The molecule has 28 heavy (non-hydrogen) atoms. The van der Waals surface area contributed by atoms with Crippen LogP contribution in [0.4, 0.5) is 4.79 Å². The fourth-order valence-electron chi connectivity index (χ4n) is 2.27. The summed E-state index contributed by atoms with van der Waals surface area (Å²) in [4.78, 5) is 23.8. The van der Waals surface area contributed by atoms with Crippen LogP contribution in [0.15, 0.2) is 29.2 Å². The fourth-order valence-corrected chi connectivity index (χ4v) is 3.51. The van der Waals surface area contributed by atoms with Gasteiger partial charge in [0.15, 0.2) is 0 Å². The van der Waals surface area contributed by atoms with Gasteiger partial charge in [-0.05, 0) is 38.3 Å². The van der Waals surface area contributed by atoms with Gasteiger partial charge in [-0.15, -0.1) is 0 Å². The number of carbonyl (C=O) groups excluding carboxylic acids is 2. The van der Waals surface area contributed by atoms with E-state index in [0.717, 1.165) is 0 Å². The second-order valence-corrected chi connectivity index (χ2v) is 10.1. The van der Waals surface area contributed by atoms with Gasteiger partial charge in [0.25, 0.3) is 0 Å². The molecule has 9 heteroatoms. The minimum Gasteiger partial charge on any atom is -0.465 e. The molecule has 0 spiro atoms. The molecule has 0 saturated heterocycles. The molecule has 0 radical (unpaired) electrons. The van der Waals surface area contributed by atoms with Crippen LogP contribution in [-0.2, 0) is 19.5 Å². The third-order valence-electron chi connectivity index (χ3n) is 3.80. The van der Waals surface area contributed by atoms with Gasteiger partial charge < -0.3 is 14.8 Å². The molecule has 0 unspecified atom stereocenters. The number of hydrogen-bond acceptors (Lipinski definition) is 6. The van der Waals surface area contributed by atoms with E-state index >= 15 is 0 Å². The summed E-state index contributed by atoms with van der Waals surface area (Å²) in [5, 5.41) is 2.71. The highest BCUT2D eigenvalue weighted by atomic mass is 32.2. The molecular weight excluding hydrogens is 384 g/mol. The van der Waals surface area contributed by atoms with E-state index in [0.29, 0.717) is 0 Å². The third kappa shape index (κ3) is 7.12. The van der Waals surface area contributed by atoms with E-state index in [-0.39, 0.29) is 17.0 Å². The Labute approximate surface area is 167 Å². The van der Waals surface area contributed by atoms with Gasteiger partial charge in [-0.3, -0.25) is 0 Å². The lowest BCUT2D eigenvalue weighted by atomic mass is 9.87. The number of ether oxygens (including phenoxy) is 2. The van der Waals surface area contributed by atoms with Gasteiger partial charge in [-0.25, -0.2) is 22.7 Å². The highest BCUT2D eigenvalue weighted by Crippen LogP contribution is 2.21. The van der Waals surface area contributed by atoms with Crippen molar-refractivity contribution in [2.75, 3.05) is 13.7 Å². The molecule has 8 nitrogen and oxygen atoms in total. The molecule has 0 aliphatic heterocycles. The molecule has 0 bridgehead atoms. The first-order chi connectivity index (χ1) is 12.7. The number of carbonyl (C=O) groups is 2. The molecular formula is C19H30N2O6S. The summed E-state index contributed by atoms with van der Waals surface area (Å²) in [7, 11) is -2.84. The number of rotatable bonds is 6. The molecule has 0 heterocycles. The second-order valence-electron chi connectivity index (χ2n) is 8.40. The third-order valence-corrected chi connectivity index (χ3v) is 5.28. The van der Waals surface area contributed by atoms with Crippen molar-refractivity contribution in [1.82, 2.24) is 10.0 Å². The molecule has 1 rings (SSSR count). The Balaban J connectivity index is 3.02. The maximum atomic E-state index is 12.8. The standard InChI is InChI=1S/C19H30N2O6S/c1-18(2,3)15(21-17(23)27-19(4,5)6)12-20-28(24,25)14-11-9-8-10-13(14)16(22)26-7/h8-11,15,20H,12H2,1-7H3,(H,21,23)/t15-/m0/s1. The van der Waals surface area contributed by atoms with Gasteiger partial charge in [0.05, 0.1) is 23.6 Å². The summed E-state index contributed by atoms with van der Waals surface area (Å²) in [6, 6.07) is 5.21. The lowest BCUT2D eigenvalue weighted by molar-refractivity contribution is 0.0465. The number of amides is 1. The SMILES string of the molecule is COC(=O)c1ccccc1S(=O)(=O)NC[C@H](NC(=O)OC(C)(C)C)C(C)(C)C. The van der Waals surface area contributed by atoms with Crippen molar-refractivity contribution < 1.29 is 27.5 Å². The molecule has 2 N–H and O–H groups in total. The quantitative estimate of drug-likeness (QED) is 0.693. The number of sulfonamides is 1. The highest BCUT2D eigenvalue weighted by Gasteiger charge is 2.31. The zero-order valence-corrected chi connectivity index (χ0v) is 18.3. The molecule has 0 saturated carbocycles. The Bertz CT molecular complexity index is 806. The first kappa shape index (κ1) is 23.9. The van der Waals surface area contributed by atoms with E-state index in [1.807, 2.05) is 20.8 Å². The Kier molecular flexibility index (Phi) is 7.61. The number of esters is 1. The maximum Gasteiger partial charge on any atom is 0.407 e. The Morgan fingerprint density at radius 1 is 1.07 bits per heavy atom. The maximum absolute atomic E-state index is 12.8. The predicted molar refractivity (Wildman–Crippen MR) is 106 cm³/mol. The number of alkyl carbamates (subject to hydrolysis) is 1. The van der Waals surface area contributed by atoms with Crippen molar-refractivity contribution >= 4 is 22.1 Å². The van der Waals surface area contributed by atoms with Crippen LogP contribution < -0.4 is 10.0 Å². The zero-order valence-electron chi connectivity index (χ0n) is 17.5. The lowest BCUT2D eigenvalue weighted by Crippen LogP contribution is -2.51. The minimum absolute atomic E-state index is 0.0649. The summed E-state index contributed by atoms with van der Waals surface area (Å²) < 4.78 is 37.9. The lowest BCUT2D eigenvalue weighted by Gasteiger charge is -2.32. The van der Waals surface area contributed by atoms with Crippen LogP contribution in [0.5, 0.6) is 0 Å². The van der Waals surface area contributed by atoms with E-state index in [1.165, 1.54) is 25.3 Å². The van der Waals surface area contributed by atoms with Gasteiger partial charge in [0, 0.05) is 6.54 Å². The van der Waals surface area contributed by atoms with Crippen LogP contribution in [0, 0.1) is 5.41 Å². The Hall–Kier alpha value is -2.13. The molecule has 0 aliphatic carbocycles. The van der Waals surface area contributed by atoms with E-state index in [1.54, 1.807) is 26.8 Å². The molecule has 0 fully saturated rings. The summed E-state index contributed by atoms with van der Waals surface area (Å²) >= 11 is 0. The molecule has 1 atom stereocenters. The predicted octanol–water partition coefficient (Wildman–Crippen LogP) is 2.69. The first-order valence-corrected chi connectivity index (χ1v) is 10.3. The van der Waals surface area contributed by atoms with Crippen molar-refractivity contribution in [1.29, 1.82) is 0 Å². The van der Waals surface area contributed by atoms with Crippen LogP contribution in [-0.4, -0.2) is 45.8 Å². The van der Waals surface area contributed by atoms with E-state index in [4.69, 9.17) is 4.74 Å². The summed E-state index contributed by atoms with van der Waals surface area (Å²) in [5.41, 5.74) is -1.20. The van der Waals surface area contributed by atoms with E-state index in [9.17, 15) is 18.0 Å². The largest absolute Gasteiger partial charge is 0.465 e. The van der Waals surface area contributed by atoms with Crippen LogP contribution in [0.3, 0.4) is 0 Å². The van der Waals surface area contributed by atoms with Gasteiger partial charge in [-0.2, -0.15) is 0 Å². The zero-order chi connectivity index (χ0) is 21.8. The summed E-state index contributed by atoms with van der Waals surface area (Å²) in [6.07, 6.45) is -0.637. The number of benzene rings is 1. The van der Waals surface area contributed by atoms with Crippen LogP contribution in [0.1, 0.15) is 51.9 Å². The molecule has 1 amide bonds. The Morgan fingerprint density at radius 2 is 1.64 bits per heavy atom. The molecule has 0 aliphatic rings. The average molecular weight is 415 g/mol. The van der Waals surface area contributed by atoms with Crippen molar-refractivity contribution in [2.45, 2.75) is 58.1 Å². The topological polar surface area (TPSA) is 111 Å². The van der Waals surface area contributed by atoms with Gasteiger partial charge in [0.2, 0.25) is 10.0 Å². The van der Waals surface area contributed by atoms with Crippen molar-refractivity contribution in [2.24, 2.45) is 5.41 Å². The Morgan fingerprint density at radius 3 is 2.14 bits per heavy atom. The van der Waals surface area contributed by atoms with Crippen LogP contribution in [0.25, 0.3) is 0 Å². The smallest absolute Gasteiger partial charge is 0.407 e. The fraction of sp³-hybridized carbons (Fsp3) is 0.579. The summed E-state index contributed by atoms with van der Waals surface area (Å²) in [6.45, 7) is 10.7. The number of methoxy groups -OCH3 is 1. The van der Waals surface area contributed by atoms with Gasteiger partial charge in [0.1, 0.15) is 5.60 Å². The first-order valence-electron chi connectivity index (χ1n) is 8.84. The van der Waals surface area contributed by atoms with E-state index in [2.05, 4.69) is 14.8 Å².